The van der Waals surface area contributed by atoms with Gasteiger partial charge < -0.3 is 10.1 Å². The molecule has 1 aromatic heterocycles. The minimum Gasteiger partial charge on any atom is -0.486 e. The molecule has 0 fully saturated rings. The summed E-state index contributed by atoms with van der Waals surface area (Å²) >= 11 is 5.89. The second-order valence-corrected chi connectivity index (χ2v) is 4.87. The number of ether oxygens (including phenoxy) is 1. The van der Waals surface area contributed by atoms with E-state index in [0.717, 1.165) is 6.07 Å². The van der Waals surface area contributed by atoms with Crippen molar-refractivity contribution in [3.63, 3.8) is 0 Å². The van der Waals surface area contributed by atoms with Crippen molar-refractivity contribution >= 4 is 23.7 Å². The second-order valence-electron chi connectivity index (χ2n) is 4.46. The zero-order valence-electron chi connectivity index (χ0n) is 13.1. The van der Waals surface area contributed by atoms with Crippen molar-refractivity contribution in [3.05, 3.63) is 52.8 Å². The van der Waals surface area contributed by atoms with E-state index in [9.17, 15) is 13.2 Å². The number of amides is 1. The predicted octanol–water partition coefficient (Wildman–Crippen LogP) is 2.98. The van der Waals surface area contributed by atoms with E-state index in [1.165, 1.54) is 24.5 Å². The van der Waals surface area contributed by atoms with Gasteiger partial charge in [0.25, 0.3) is 0 Å². The summed E-state index contributed by atoms with van der Waals surface area (Å²) in [4.78, 5) is 12.8. The summed E-state index contributed by atoms with van der Waals surface area (Å²) in [6.45, 7) is -0.267. The highest BCUT2D eigenvalue weighted by Gasteiger charge is 2.34. The van der Waals surface area contributed by atoms with Crippen molar-refractivity contribution in [2.24, 2.45) is 5.84 Å². The first-order valence-corrected chi connectivity index (χ1v) is 7.21. The van der Waals surface area contributed by atoms with Crippen LogP contribution in [-0.4, -0.2) is 18.4 Å². The number of carbonyl (C=O) groups is 1. The molecule has 0 saturated carbocycles. The lowest BCUT2D eigenvalue weighted by atomic mass is 10.1. The summed E-state index contributed by atoms with van der Waals surface area (Å²) < 4.78 is 44.5. The number of aromatic nitrogens is 1. The summed E-state index contributed by atoms with van der Waals surface area (Å²) in [6, 6.07) is 5.42. The minimum atomic E-state index is -4.45. The lowest BCUT2D eigenvalue weighted by Gasteiger charge is -2.17. The molecule has 2 aromatic rings. The fourth-order valence-corrected chi connectivity index (χ4v) is 2.02. The third-order valence-electron chi connectivity index (χ3n) is 2.92. The molecule has 0 spiro atoms. The number of hydrogen-bond donors (Lipinski definition) is 3. The SMILES string of the molecule is CNc1cccc(C(F)(F)F)c1COc1cnccc1Cl.NNC=O. The van der Waals surface area contributed by atoms with Crippen molar-refractivity contribution in [1.82, 2.24) is 10.4 Å². The molecule has 6 nitrogen and oxygen atoms in total. The lowest BCUT2D eigenvalue weighted by molar-refractivity contribution is -0.138. The standard InChI is InChI=1S/C14H12ClF3N2O.CH4N2O/c1-19-12-4-2-3-10(14(16,17)18)9(12)8-21-13-7-20-6-5-11(13)15;2-3-1-4/h2-7,19H,8H2,1H3;1H,2H2,(H,3,4). The van der Waals surface area contributed by atoms with Crippen LogP contribution in [0.1, 0.15) is 11.1 Å². The molecular formula is C15H16ClF3N4O2. The largest absolute Gasteiger partial charge is 0.486 e. The van der Waals surface area contributed by atoms with Gasteiger partial charge in [0.05, 0.1) is 16.8 Å². The number of pyridine rings is 1. The molecule has 0 aliphatic rings. The first-order chi connectivity index (χ1) is 11.8. The number of nitrogens with two attached hydrogens (primary N) is 1. The Labute approximate surface area is 147 Å². The number of hydrogen-bond acceptors (Lipinski definition) is 5. The Morgan fingerprint density at radius 3 is 2.56 bits per heavy atom. The first kappa shape index (κ1) is 20.5. The van der Waals surface area contributed by atoms with Gasteiger partial charge in [-0.3, -0.25) is 15.2 Å². The van der Waals surface area contributed by atoms with Gasteiger partial charge in [0.2, 0.25) is 6.41 Å². The highest BCUT2D eigenvalue weighted by atomic mass is 35.5. The van der Waals surface area contributed by atoms with Crippen molar-refractivity contribution in [2.75, 3.05) is 12.4 Å². The zero-order chi connectivity index (χ0) is 18.9. The van der Waals surface area contributed by atoms with E-state index in [4.69, 9.17) is 21.1 Å². The third-order valence-corrected chi connectivity index (χ3v) is 3.24. The van der Waals surface area contributed by atoms with Gasteiger partial charge in [0.15, 0.2) is 5.75 Å². The van der Waals surface area contributed by atoms with E-state index >= 15 is 0 Å². The summed E-state index contributed by atoms with van der Waals surface area (Å²) in [6.07, 6.45) is -1.22. The normalized spacial score (nSPS) is 10.3. The van der Waals surface area contributed by atoms with Crippen LogP contribution in [0.5, 0.6) is 5.75 Å². The Morgan fingerprint density at radius 2 is 2.04 bits per heavy atom. The third kappa shape index (κ3) is 6.12. The Kier molecular flexibility index (Phi) is 7.96. The molecule has 0 unspecified atom stereocenters. The van der Waals surface area contributed by atoms with Crippen molar-refractivity contribution < 1.29 is 22.7 Å². The fourth-order valence-electron chi connectivity index (χ4n) is 1.86. The Bertz CT molecular complexity index is 699. The summed E-state index contributed by atoms with van der Waals surface area (Å²) in [7, 11) is 1.55. The van der Waals surface area contributed by atoms with E-state index in [0.29, 0.717) is 17.1 Å². The molecule has 0 saturated heterocycles. The monoisotopic (exact) mass is 376 g/mol. The van der Waals surface area contributed by atoms with Crippen LogP contribution < -0.4 is 21.3 Å². The van der Waals surface area contributed by atoms with Crippen molar-refractivity contribution in [2.45, 2.75) is 12.8 Å². The zero-order valence-corrected chi connectivity index (χ0v) is 13.9. The molecule has 0 bridgehead atoms. The van der Waals surface area contributed by atoms with Gasteiger partial charge in [-0.05, 0) is 18.2 Å². The van der Waals surface area contributed by atoms with E-state index in [2.05, 4.69) is 16.1 Å². The van der Waals surface area contributed by atoms with Gasteiger partial charge in [-0.2, -0.15) is 13.2 Å². The smallest absolute Gasteiger partial charge is 0.416 e. The Hall–Kier alpha value is -2.52. The van der Waals surface area contributed by atoms with Gasteiger partial charge in [-0.1, -0.05) is 17.7 Å². The summed E-state index contributed by atoms with van der Waals surface area (Å²) in [5.74, 6) is 4.64. The van der Waals surface area contributed by atoms with Crippen molar-refractivity contribution in [3.8, 4) is 5.75 Å². The molecule has 25 heavy (non-hydrogen) atoms. The highest BCUT2D eigenvalue weighted by molar-refractivity contribution is 6.31. The van der Waals surface area contributed by atoms with E-state index < -0.39 is 11.7 Å². The van der Waals surface area contributed by atoms with E-state index in [1.54, 1.807) is 18.5 Å². The number of benzene rings is 1. The fraction of sp³-hybridized carbons (Fsp3) is 0.200. The molecule has 1 amide bonds. The Balaban J connectivity index is 0.000000705. The van der Waals surface area contributed by atoms with Gasteiger partial charge in [0, 0.05) is 24.5 Å². The van der Waals surface area contributed by atoms with Crippen LogP contribution in [0.4, 0.5) is 18.9 Å². The van der Waals surface area contributed by atoms with Crippen LogP contribution in [-0.2, 0) is 17.6 Å². The quantitative estimate of drug-likeness (QED) is 0.323. The second kappa shape index (κ2) is 9.70. The van der Waals surface area contributed by atoms with Crippen molar-refractivity contribution in [1.29, 1.82) is 0 Å². The average molecular weight is 377 g/mol. The highest BCUT2D eigenvalue weighted by Crippen LogP contribution is 2.36. The number of halogens is 4. The molecular weight excluding hydrogens is 361 g/mol. The predicted molar refractivity (Wildman–Crippen MR) is 88.0 cm³/mol. The maximum absolute atomic E-state index is 13.0. The lowest BCUT2D eigenvalue weighted by Crippen LogP contribution is -2.18. The topological polar surface area (TPSA) is 89.3 Å². The van der Waals surface area contributed by atoms with Gasteiger partial charge in [0.1, 0.15) is 6.61 Å². The van der Waals surface area contributed by atoms with Gasteiger partial charge >= 0.3 is 6.18 Å². The van der Waals surface area contributed by atoms with Crippen LogP contribution >= 0.6 is 11.6 Å². The molecule has 136 valence electrons. The van der Waals surface area contributed by atoms with Crippen LogP contribution in [0, 0.1) is 0 Å². The maximum atomic E-state index is 13.0. The number of anilines is 1. The van der Waals surface area contributed by atoms with Crippen LogP contribution in [0.3, 0.4) is 0 Å². The number of hydrazine groups is 1. The molecule has 2 rings (SSSR count). The molecule has 1 aromatic carbocycles. The average Bonchev–Trinajstić information content (AvgIpc) is 2.60. The number of alkyl halides is 3. The van der Waals surface area contributed by atoms with Gasteiger partial charge in [-0.15, -0.1) is 0 Å². The van der Waals surface area contributed by atoms with Gasteiger partial charge in [-0.25, -0.2) is 5.84 Å². The molecule has 10 heteroatoms. The molecule has 0 aliphatic carbocycles. The van der Waals surface area contributed by atoms with Crippen LogP contribution in [0.2, 0.25) is 5.02 Å². The summed E-state index contributed by atoms with van der Waals surface area (Å²) in [5.41, 5.74) is 1.38. The molecule has 4 N–H and O–H groups in total. The minimum absolute atomic E-state index is 0.0208. The van der Waals surface area contributed by atoms with E-state index in [1.807, 2.05) is 0 Å². The maximum Gasteiger partial charge on any atom is 0.416 e. The van der Waals surface area contributed by atoms with E-state index in [-0.39, 0.29) is 17.9 Å². The molecule has 0 radical (unpaired) electrons. The molecule has 1 heterocycles. The summed E-state index contributed by atoms with van der Waals surface area (Å²) in [5, 5.41) is 3.02. The molecule has 0 atom stereocenters. The number of rotatable bonds is 5. The first-order valence-electron chi connectivity index (χ1n) is 6.84. The Morgan fingerprint density at radius 1 is 1.36 bits per heavy atom. The number of carbonyl (C=O) groups excluding carboxylic acids is 1. The molecule has 0 aliphatic heterocycles. The number of nitrogens with zero attached hydrogens (tertiary/aromatic N) is 1. The van der Waals surface area contributed by atoms with Crippen LogP contribution in [0.15, 0.2) is 36.7 Å². The number of nitrogens with one attached hydrogen (secondary N) is 2. The van der Waals surface area contributed by atoms with Crippen LogP contribution in [0.25, 0.3) is 0 Å².